The van der Waals surface area contributed by atoms with Crippen LogP contribution in [0.5, 0.6) is 0 Å². The second-order valence-electron chi connectivity index (χ2n) is 23.5. The summed E-state index contributed by atoms with van der Waals surface area (Å²) in [7, 11) is -3.13. The molecule has 384 valence electrons. The van der Waals surface area contributed by atoms with E-state index in [0.717, 1.165) is 18.4 Å². The zero-order chi connectivity index (χ0) is 52.2. The highest BCUT2D eigenvalue weighted by Crippen LogP contribution is 2.59. The number of carbonyl (C=O) groups excluding carboxylic acids is 5. The van der Waals surface area contributed by atoms with Gasteiger partial charge in [0.2, 0.25) is 11.7 Å². The van der Waals surface area contributed by atoms with E-state index in [1.54, 1.807) is 47.6 Å². The molecule has 1 aromatic carbocycles. The van der Waals surface area contributed by atoms with E-state index in [2.05, 4.69) is 20.4 Å². The van der Waals surface area contributed by atoms with Gasteiger partial charge in [-0.15, -0.1) is 0 Å². The van der Waals surface area contributed by atoms with E-state index in [4.69, 9.17) is 37.6 Å². The average Bonchev–Trinajstić information content (AvgIpc) is 3.40. The maximum atomic E-state index is 15.6. The minimum absolute atomic E-state index is 0.0571. The maximum absolute atomic E-state index is 15.6. The second kappa shape index (κ2) is 21.6. The summed E-state index contributed by atoms with van der Waals surface area (Å²) in [5.74, 6) is -7.95. The van der Waals surface area contributed by atoms with Crippen LogP contribution in [-0.4, -0.2) is 101 Å². The molecule has 0 spiro atoms. The number of hydrogen-bond acceptors (Lipinski definition) is 14. The fraction of sp³-hybridized carbons (Fsp3) is 0.717. The molecule has 2 bridgehead atoms. The summed E-state index contributed by atoms with van der Waals surface area (Å²) < 4.78 is 51.2. The first-order valence-electron chi connectivity index (χ1n) is 24.1. The third-order valence-electron chi connectivity index (χ3n) is 12.6. The first-order chi connectivity index (χ1) is 30.8. The van der Waals surface area contributed by atoms with E-state index < -0.39 is 101 Å². The summed E-state index contributed by atoms with van der Waals surface area (Å²) in [6.45, 7) is 37.6. The van der Waals surface area contributed by atoms with Crippen molar-refractivity contribution in [1.82, 2.24) is 0 Å². The van der Waals surface area contributed by atoms with Crippen LogP contribution < -0.4 is 0 Å². The van der Waals surface area contributed by atoms with Gasteiger partial charge in [-0.1, -0.05) is 97.9 Å². The highest BCUT2D eigenvalue weighted by molar-refractivity contribution is 6.74. The molecule has 2 fully saturated rings. The van der Waals surface area contributed by atoms with Crippen LogP contribution in [-0.2, 0) is 68.0 Å². The first-order valence-corrected chi connectivity index (χ1v) is 27.0. The Balaban J connectivity index is 2.53. The van der Waals surface area contributed by atoms with E-state index >= 15 is 9.59 Å². The van der Waals surface area contributed by atoms with Crippen LogP contribution in [0.25, 0.3) is 0 Å². The smallest absolute Gasteiger partial charge is 0.347 e. The van der Waals surface area contributed by atoms with E-state index in [0.29, 0.717) is 17.9 Å². The van der Waals surface area contributed by atoms with Crippen molar-refractivity contribution in [3.8, 4) is 0 Å². The number of benzene rings is 1. The molecular formula is C53H84O14Si. The minimum Gasteiger partial charge on any atom is -0.458 e. The molecule has 2 saturated heterocycles. The lowest BCUT2D eigenvalue weighted by Gasteiger charge is -2.51. The van der Waals surface area contributed by atoms with Crippen LogP contribution in [0.3, 0.4) is 0 Å². The standard InChI is InChI=1S/C53H84O14Si/c1-21-33(2)31-34(3)27-28-39(55)61-42-41(66-68(19,20)50(16,17)18)51(30-29-35(4)40(60-37(6)54)36(5)32-38-25-23-22-24-26-38)62-43(44(56)63-47(7,8)9)52(59,45(57)64-48(10,11)12)53(42,67-51)46(58)65-49(13,14)15/h22-28,33-34,36,40-43,59H,4,21,29-32H2,1-3,5-20H3/b28-27+/t33?,34?,36?,40?,41-,42-,43-,51+,52-,53+/m1/s1. The number of fused-ring (bicyclic) bond motifs is 2. The highest BCUT2D eigenvalue weighted by Gasteiger charge is 2.87. The average molecular weight is 973 g/mol. The topological polar surface area (TPSA) is 179 Å². The third-order valence-corrected chi connectivity index (χ3v) is 17.1. The van der Waals surface area contributed by atoms with Crippen LogP contribution in [0.4, 0.5) is 0 Å². The number of rotatable bonds is 19. The zero-order valence-electron chi connectivity index (χ0n) is 44.6. The Hall–Kier alpha value is -3.89. The van der Waals surface area contributed by atoms with Crippen LogP contribution in [0.1, 0.15) is 149 Å². The molecule has 0 amide bonds. The number of aliphatic hydroxyl groups is 1. The van der Waals surface area contributed by atoms with Gasteiger partial charge in [-0.25, -0.2) is 19.2 Å². The van der Waals surface area contributed by atoms with Crippen molar-refractivity contribution in [2.75, 3.05) is 0 Å². The van der Waals surface area contributed by atoms with E-state index in [1.165, 1.54) is 33.8 Å². The summed E-state index contributed by atoms with van der Waals surface area (Å²) >= 11 is 0. The lowest BCUT2D eigenvalue weighted by atomic mass is 9.74. The summed E-state index contributed by atoms with van der Waals surface area (Å²) in [4.78, 5) is 72.7. The summed E-state index contributed by atoms with van der Waals surface area (Å²) in [6.07, 6.45) is -2.16. The van der Waals surface area contributed by atoms with Gasteiger partial charge in [0, 0.05) is 25.3 Å². The fourth-order valence-corrected chi connectivity index (χ4v) is 9.53. The van der Waals surface area contributed by atoms with Gasteiger partial charge >= 0.3 is 29.8 Å². The quantitative estimate of drug-likeness (QED) is 0.0455. The Bertz CT molecular complexity index is 1980. The molecule has 1 aromatic rings. The Labute approximate surface area is 407 Å². The van der Waals surface area contributed by atoms with Crippen molar-refractivity contribution in [2.24, 2.45) is 17.8 Å². The van der Waals surface area contributed by atoms with E-state index in [1.807, 2.05) is 78.0 Å². The summed E-state index contributed by atoms with van der Waals surface area (Å²) in [5.41, 5.74) is -9.05. The maximum Gasteiger partial charge on any atom is 0.347 e. The molecule has 4 unspecified atom stereocenters. The largest absolute Gasteiger partial charge is 0.458 e. The van der Waals surface area contributed by atoms with Crippen LogP contribution in [0, 0.1) is 17.8 Å². The van der Waals surface area contributed by atoms with Crippen LogP contribution in [0.2, 0.25) is 18.1 Å². The lowest BCUT2D eigenvalue weighted by Crippen LogP contribution is -2.79. The molecular weight excluding hydrogens is 889 g/mol. The van der Waals surface area contributed by atoms with Gasteiger partial charge in [-0.3, -0.25) is 4.79 Å². The van der Waals surface area contributed by atoms with Crippen molar-refractivity contribution >= 4 is 38.2 Å². The fourth-order valence-electron chi connectivity index (χ4n) is 8.23. The first kappa shape index (κ1) is 58.4. The second-order valence-corrected chi connectivity index (χ2v) is 28.3. The molecule has 15 heteroatoms. The van der Waals surface area contributed by atoms with Gasteiger partial charge in [0.05, 0.1) is 0 Å². The van der Waals surface area contributed by atoms with Crippen molar-refractivity contribution < 1.29 is 66.7 Å². The molecule has 3 rings (SSSR count). The Morgan fingerprint density at radius 3 is 1.88 bits per heavy atom. The number of ether oxygens (including phenoxy) is 7. The molecule has 0 saturated carbocycles. The van der Waals surface area contributed by atoms with Gasteiger partial charge in [0.1, 0.15) is 29.0 Å². The Kier molecular flexibility index (Phi) is 18.6. The van der Waals surface area contributed by atoms with E-state index in [-0.39, 0.29) is 24.7 Å². The molecule has 0 radical (unpaired) electrons. The van der Waals surface area contributed by atoms with Gasteiger partial charge in [-0.05, 0) is 123 Å². The Morgan fingerprint density at radius 1 is 0.838 bits per heavy atom. The number of esters is 5. The molecule has 2 aliphatic heterocycles. The highest BCUT2D eigenvalue weighted by atomic mass is 28.4. The number of carbonyl (C=O) groups is 5. The van der Waals surface area contributed by atoms with Gasteiger partial charge < -0.3 is 42.7 Å². The van der Waals surface area contributed by atoms with Crippen molar-refractivity contribution in [1.29, 1.82) is 0 Å². The summed E-state index contributed by atoms with van der Waals surface area (Å²) in [5, 5.41) is 13.0. The third kappa shape index (κ3) is 14.1. The van der Waals surface area contributed by atoms with Crippen LogP contribution >= 0.6 is 0 Å². The summed E-state index contributed by atoms with van der Waals surface area (Å²) in [6, 6.07) is 9.68. The number of hydrogen-bond donors (Lipinski definition) is 1. The van der Waals surface area contributed by atoms with E-state index in [9.17, 15) is 19.5 Å². The minimum atomic E-state index is -3.47. The van der Waals surface area contributed by atoms with Gasteiger partial charge in [0.15, 0.2) is 20.2 Å². The van der Waals surface area contributed by atoms with Crippen LogP contribution in [0.15, 0.2) is 54.6 Å². The lowest BCUT2D eigenvalue weighted by molar-refractivity contribution is -0.377. The van der Waals surface area contributed by atoms with Gasteiger partial charge in [-0.2, -0.15) is 0 Å². The molecule has 14 nitrogen and oxygen atoms in total. The van der Waals surface area contributed by atoms with Crippen molar-refractivity contribution in [2.45, 2.75) is 226 Å². The molecule has 2 aliphatic rings. The SMILES string of the molecule is C=C(CC[C@]12O[C@H](C(=O)OC(C)(C)C)[C@@](O)(C(=O)OC(C)(C)C)[C@](C(=O)OC(C)(C)C)(O1)[C@H](OC(=O)/C=C/C(C)CC(C)CC)[C@H]2O[Si](C)(C)C(C)(C)C)C(OC(C)=O)C(C)Cc1ccccc1. The molecule has 0 aliphatic carbocycles. The van der Waals surface area contributed by atoms with Crippen molar-refractivity contribution in [3.63, 3.8) is 0 Å². The molecule has 10 atom stereocenters. The van der Waals surface area contributed by atoms with Gasteiger partial charge in [0.25, 0.3) is 5.60 Å². The number of allylic oxidation sites excluding steroid dienone is 1. The monoisotopic (exact) mass is 973 g/mol. The predicted octanol–water partition coefficient (Wildman–Crippen LogP) is 9.68. The van der Waals surface area contributed by atoms with Crippen molar-refractivity contribution in [3.05, 3.63) is 60.2 Å². The predicted molar refractivity (Wildman–Crippen MR) is 261 cm³/mol. The zero-order valence-corrected chi connectivity index (χ0v) is 45.6. The molecule has 2 heterocycles. The normalized spacial score (nSPS) is 26.3. The molecule has 68 heavy (non-hydrogen) atoms. The molecule has 0 aromatic heterocycles. The Morgan fingerprint density at radius 2 is 1.38 bits per heavy atom. The molecule has 1 N–H and O–H groups in total.